The van der Waals surface area contributed by atoms with Crippen LogP contribution in [0.2, 0.25) is 0 Å². The van der Waals surface area contributed by atoms with E-state index in [4.69, 9.17) is 5.11 Å². The van der Waals surface area contributed by atoms with Gasteiger partial charge in [0.1, 0.15) is 0 Å². The number of hydrogen-bond acceptors (Lipinski definition) is 2. The first-order chi connectivity index (χ1) is 7.66. The van der Waals surface area contributed by atoms with Crippen molar-refractivity contribution in [2.24, 2.45) is 5.92 Å². The standard InChI is InChI=1S/C12H15F2NO/c13-10-5-9(6-11(14)12(10)16)4-8-2-1-3-15-7-8/h5-6,8,15-16H,1-4,7H2. The van der Waals surface area contributed by atoms with Crippen molar-refractivity contribution < 1.29 is 13.9 Å². The Hall–Kier alpha value is -1.16. The highest BCUT2D eigenvalue weighted by Crippen LogP contribution is 2.24. The van der Waals surface area contributed by atoms with E-state index in [1.807, 2.05) is 0 Å². The Morgan fingerprint density at radius 2 is 2.00 bits per heavy atom. The first kappa shape index (κ1) is 11.3. The molecule has 0 saturated carbocycles. The van der Waals surface area contributed by atoms with E-state index < -0.39 is 17.4 Å². The molecule has 1 atom stereocenters. The minimum absolute atomic E-state index is 0.428. The number of phenolic OH excluding ortho intramolecular Hbond substituents is 1. The van der Waals surface area contributed by atoms with Crippen LogP contribution >= 0.6 is 0 Å². The lowest BCUT2D eigenvalue weighted by molar-refractivity contribution is 0.371. The van der Waals surface area contributed by atoms with Gasteiger partial charge in [-0.05, 0) is 56.0 Å². The van der Waals surface area contributed by atoms with E-state index in [0.29, 0.717) is 17.9 Å². The smallest absolute Gasteiger partial charge is 0.187 e. The van der Waals surface area contributed by atoms with E-state index in [9.17, 15) is 8.78 Å². The second-order valence-corrected chi connectivity index (χ2v) is 4.32. The quantitative estimate of drug-likeness (QED) is 0.812. The molecule has 1 aromatic rings. The van der Waals surface area contributed by atoms with Gasteiger partial charge in [-0.3, -0.25) is 0 Å². The Morgan fingerprint density at radius 1 is 1.31 bits per heavy atom. The Balaban J connectivity index is 2.09. The van der Waals surface area contributed by atoms with Crippen molar-refractivity contribution in [1.82, 2.24) is 5.32 Å². The normalized spacial score (nSPS) is 21.0. The summed E-state index contributed by atoms with van der Waals surface area (Å²) in [7, 11) is 0. The van der Waals surface area contributed by atoms with Gasteiger partial charge in [-0.2, -0.15) is 0 Å². The van der Waals surface area contributed by atoms with E-state index in [2.05, 4.69) is 5.32 Å². The molecule has 1 unspecified atom stereocenters. The fraction of sp³-hybridized carbons (Fsp3) is 0.500. The molecule has 88 valence electrons. The lowest BCUT2D eigenvalue weighted by Crippen LogP contribution is -2.30. The maximum atomic E-state index is 13.1. The first-order valence-corrected chi connectivity index (χ1v) is 5.54. The van der Waals surface area contributed by atoms with Gasteiger partial charge < -0.3 is 10.4 Å². The molecule has 0 bridgehead atoms. The zero-order valence-corrected chi connectivity index (χ0v) is 8.97. The van der Waals surface area contributed by atoms with E-state index >= 15 is 0 Å². The highest BCUT2D eigenvalue weighted by molar-refractivity contribution is 5.30. The minimum Gasteiger partial charge on any atom is -0.503 e. The van der Waals surface area contributed by atoms with Gasteiger partial charge in [-0.1, -0.05) is 0 Å². The molecule has 0 aromatic heterocycles. The number of halogens is 2. The van der Waals surface area contributed by atoms with Crippen LogP contribution in [-0.4, -0.2) is 18.2 Å². The van der Waals surface area contributed by atoms with Gasteiger partial charge in [-0.25, -0.2) is 8.78 Å². The predicted molar refractivity (Wildman–Crippen MR) is 57.3 cm³/mol. The molecular weight excluding hydrogens is 212 g/mol. The molecule has 1 saturated heterocycles. The molecule has 0 amide bonds. The number of aromatic hydroxyl groups is 1. The molecule has 0 radical (unpaired) electrons. The van der Waals surface area contributed by atoms with Crippen molar-refractivity contribution in [2.75, 3.05) is 13.1 Å². The average Bonchev–Trinajstić information content (AvgIpc) is 2.27. The Labute approximate surface area is 93.3 Å². The molecule has 2 N–H and O–H groups in total. The Morgan fingerprint density at radius 3 is 2.56 bits per heavy atom. The van der Waals surface area contributed by atoms with Crippen LogP contribution in [0.25, 0.3) is 0 Å². The molecule has 1 aliphatic heterocycles. The van der Waals surface area contributed by atoms with E-state index in [0.717, 1.165) is 25.9 Å². The largest absolute Gasteiger partial charge is 0.503 e. The topological polar surface area (TPSA) is 32.3 Å². The summed E-state index contributed by atoms with van der Waals surface area (Å²) in [5.41, 5.74) is 0.613. The van der Waals surface area contributed by atoms with Crippen molar-refractivity contribution in [3.05, 3.63) is 29.3 Å². The molecular formula is C12H15F2NO. The molecule has 1 aliphatic rings. The fourth-order valence-electron chi connectivity index (χ4n) is 2.17. The molecule has 2 nitrogen and oxygen atoms in total. The maximum Gasteiger partial charge on any atom is 0.187 e. The molecule has 1 aromatic carbocycles. The van der Waals surface area contributed by atoms with Crippen molar-refractivity contribution in [3.8, 4) is 5.75 Å². The number of benzene rings is 1. The predicted octanol–water partition coefficient (Wildman–Crippen LogP) is 2.21. The Bertz CT molecular complexity index is 352. The zero-order chi connectivity index (χ0) is 11.5. The number of nitrogens with one attached hydrogen (secondary N) is 1. The first-order valence-electron chi connectivity index (χ1n) is 5.54. The van der Waals surface area contributed by atoms with Gasteiger partial charge in [0.05, 0.1) is 0 Å². The summed E-state index contributed by atoms with van der Waals surface area (Å²) in [4.78, 5) is 0. The molecule has 2 rings (SSSR count). The fourth-order valence-corrected chi connectivity index (χ4v) is 2.17. The Kier molecular flexibility index (Phi) is 3.39. The van der Waals surface area contributed by atoms with Crippen LogP contribution in [0.1, 0.15) is 18.4 Å². The summed E-state index contributed by atoms with van der Waals surface area (Å²) in [6, 6.07) is 2.43. The van der Waals surface area contributed by atoms with Crippen molar-refractivity contribution in [1.29, 1.82) is 0 Å². The van der Waals surface area contributed by atoms with Crippen molar-refractivity contribution in [3.63, 3.8) is 0 Å². The second kappa shape index (κ2) is 4.78. The molecule has 4 heteroatoms. The molecule has 0 spiro atoms. The van der Waals surface area contributed by atoms with Gasteiger partial charge in [-0.15, -0.1) is 0 Å². The maximum absolute atomic E-state index is 13.1. The zero-order valence-electron chi connectivity index (χ0n) is 8.97. The van der Waals surface area contributed by atoms with Gasteiger partial charge in [0.2, 0.25) is 0 Å². The summed E-state index contributed by atoms with van der Waals surface area (Å²) in [5.74, 6) is -2.21. The summed E-state index contributed by atoms with van der Waals surface area (Å²) >= 11 is 0. The highest BCUT2D eigenvalue weighted by Gasteiger charge is 2.16. The minimum atomic E-state index is -0.884. The highest BCUT2D eigenvalue weighted by atomic mass is 19.1. The molecule has 1 heterocycles. The van der Waals surface area contributed by atoms with Crippen molar-refractivity contribution >= 4 is 0 Å². The van der Waals surface area contributed by atoms with Gasteiger partial charge in [0, 0.05) is 0 Å². The van der Waals surface area contributed by atoms with Crippen LogP contribution in [0.5, 0.6) is 5.75 Å². The number of hydrogen-bond donors (Lipinski definition) is 2. The van der Waals surface area contributed by atoms with Crippen LogP contribution in [0.4, 0.5) is 8.78 Å². The lowest BCUT2D eigenvalue weighted by Gasteiger charge is -2.22. The summed E-state index contributed by atoms with van der Waals surface area (Å²) in [6.07, 6.45) is 2.84. The lowest BCUT2D eigenvalue weighted by atomic mass is 9.92. The summed E-state index contributed by atoms with van der Waals surface area (Å²) < 4.78 is 26.2. The van der Waals surface area contributed by atoms with E-state index in [1.54, 1.807) is 0 Å². The van der Waals surface area contributed by atoms with Crippen molar-refractivity contribution in [2.45, 2.75) is 19.3 Å². The van der Waals surface area contributed by atoms with Gasteiger partial charge >= 0.3 is 0 Å². The number of rotatable bonds is 2. The average molecular weight is 227 g/mol. The monoisotopic (exact) mass is 227 g/mol. The van der Waals surface area contributed by atoms with Gasteiger partial charge in [0.15, 0.2) is 17.4 Å². The number of phenols is 1. The molecule has 16 heavy (non-hydrogen) atoms. The summed E-state index contributed by atoms with van der Waals surface area (Å²) in [5, 5.41) is 12.2. The van der Waals surface area contributed by atoms with Crippen LogP contribution in [0, 0.1) is 17.6 Å². The van der Waals surface area contributed by atoms with Gasteiger partial charge in [0.25, 0.3) is 0 Å². The third kappa shape index (κ3) is 2.50. The van der Waals surface area contributed by atoms with Crippen LogP contribution in [0.15, 0.2) is 12.1 Å². The second-order valence-electron chi connectivity index (χ2n) is 4.32. The third-order valence-corrected chi connectivity index (χ3v) is 3.00. The van der Waals surface area contributed by atoms with E-state index in [1.165, 1.54) is 12.1 Å². The third-order valence-electron chi connectivity index (χ3n) is 3.00. The van der Waals surface area contributed by atoms with Crippen LogP contribution in [0.3, 0.4) is 0 Å². The SMILES string of the molecule is Oc1c(F)cc(CC2CCCNC2)cc1F. The number of piperidine rings is 1. The van der Waals surface area contributed by atoms with Crippen LogP contribution in [-0.2, 0) is 6.42 Å². The molecule has 0 aliphatic carbocycles. The molecule has 1 fully saturated rings. The van der Waals surface area contributed by atoms with Crippen LogP contribution < -0.4 is 5.32 Å². The van der Waals surface area contributed by atoms with E-state index in [-0.39, 0.29) is 0 Å². The summed E-state index contributed by atoms with van der Waals surface area (Å²) in [6.45, 7) is 1.92.